The second kappa shape index (κ2) is 10.4. The maximum Gasteiger partial charge on any atom is 0.349 e. The van der Waals surface area contributed by atoms with E-state index in [0.717, 1.165) is 19.3 Å². The van der Waals surface area contributed by atoms with E-state index in [1.165, 1.54) is 19.0 Å². The topological polar surface area (TPSA) is 81.7 Å². The van der Waals surface area contributed by atoms with Crippen molar-refractivity contribution in [3.8, 4) is 5.75 Å². The van der Waals surface area contributed by atoms with Crippen LogP contribution in [0.3, 0.4) is 0 Å². The van der Waals surface area contributed by atoms with Crippen LogP contribution in [-0.4, -0.2) is 24.3 Å². The summed E-state index contributed by atoms with van der Waals surface area (Å²) in [6.07, 6.45) is 6.79. The Hall–Kier alpha value is -3.41. The zero-order chi connectivity index (χ0) is 21.3. The van der Waals surface area contributed by atoms with Gasteiger partial charge in [-0.2, -0.15) is 0 Å². The van der Waals surface area contributed by atoms with Crippen LogP contribution in [0.15, 0.2) is 60.3 Å². The lowest BCUT2D eigenvalue weighted by Gasteiger charge is -2.16. The van der Waals surface area contributed by atoms with E-state index in [1.807, 2.05) is 0 Å². The fraction of sp³-hybridized carbons (Fsp3) is 0.292. The molecule has 6 nitrogen and oxygen atoms in total. The van der Waals surface area contributed by atoms with E-state index in [9.17, 15) is 14.4 Å². The summed E-state index contributed by atoms with van der Waals surface area (Å²) in [6, 6.07) is 13.2. The lowest BCUT2D eigenvalue weighted by Crippen LogP contribution is -2.25. The molecule has 1 N–H and O–H groups in total. The molecule has 2 aromatic rings. The highest BCUT2D eigenvalue weighted by Crippen LogP contribution is 2.27. The van der Waals surface area contributed by atoms with Crippen molar-refractivity contribution in [2.24, 2.45) is 0 Å². The van der Waals surface area contributed by atoms with Crippen LogP contribution in [0, 0.1) is 0 Å². The van der Waals surface area contributed by atoms with Crippen LogP contribution in [0.4, 0.5) is 5.69 Å². The molecule has 0 atom stereocenters. The summed E-state index contributed by atoms with van der Waals surface area (Å²) < 4.78 is 10.5. The molecule has 30 heavy (non-hydrogen) atoms. The average molecular weight is 407 g/mol. The zero-order valence-electron chi connectivity index (χ0n) is 17.0. The van der Waals surface area contributed by atoms with Gasteiger partial charge in [-0.25, -0.2) is 9.59 Å². The van der Waals surface area contributed by atoms with Crippen molar-refractivity contribution < 1.29 is 23.9 Å². The van der Waals surface area contributed by atoms with E-state index < -0.39 is 11.8 Å². The first-order chi connectivity index (χ1) is 14.6. The molecule has 0 amide bonds. The first-order valence-electron chi connectivity index (χ1n) is 10.2. The van der Waals surface area contributed by atoms with Crippen LogP contribution in [0.5, 0.6) is 5.75 Å². The molecule has 0 saturated heterocycles. The van der Waals surface area contributed by atoms with Gasteiger partial charge in [0.15, 0.2) is 0 Å². The van der Waals surface area contributed by atoms with Crippen LogP contribution in [0.25, 0.3) is 0 Å². The predicted molar refractivity (Wildman–Crippen MR) is 114 cm³/mol. The number of esters is 2. The Bertz CT molecular complexity index is 946. The molecule has 0 fully saturated rings. The van der Waals surface area contributed by atoms with Gasteiger partial charge in [0, 0.05) is 11.9 Å². The number of hydrogen-bond acceptors (Lipinski definition) is 6. The van der Waals surface area contributed by atoms with Crippen LogP contribution in [-0.2, 0) is 9.53 Å². The molecule has 0 spiro atoms. The molecule has 0 aromatic heterocycles. The normalized spacial score (nSPS) is 14.2. The van der Waals surface area contributed by atoms with Crippen molar-refractivity contribution in [1.82, 2.24) is 0 Å². The summed E-state index contributed by atoms with van der Waals surface area (Å²) >= 11 is 0. The molecule has 3 rings (SSSR count). The van der Waals surface area contributed by atoms with Crippen molar-refractivity contribution >= 4 is 23.4 Å². The van der Waals surface area contributed by atoms with Crippen molar-refractivity contribution in [1.29, 1.82) is 0 Å². The molecule has 1 aliphatic rings. The number of benzene rings is 2. The van der Waals surface area contributed by atoms with Crippen molar-refractivity contribution in [3.05, 3.63) is 71.4 Å². The fourth-order valence-electron chi connectivity index (χ4n) is 3.07. The number of nitrogens with one attached hydrogen (secondary N) is 1. The Morgan fingerprint density at radius 3 is 2.50 bits per heavy atom. The summed E-state index contributed by atoms with van der Waals surface area (Å²) in [5.74, 6) is -1.20. The van der Waals surface area contributed by atoms with Gasteiger partial charge in [0.1, 0.15) is 11.3 Å². The van der Waals surface area contributed by atoms with Gasteiger partial charge in [0.25, 0.3) is 0 Å². The summed E-state index contributed by atoms with van der Waals surface area (Å²) in [7, 11) is 0. The number of ketones is 1. The van der Waals surface area contributed by atoms with Crippen molar-refractivity contribution in [2.75, 3.05) is 11.9 Å². The Balaban J connectivity index is 1.55. The summed E-state index contributed by atoms with van der Waals surface area (Å²) in [5.41, 5.74) is 1.33. The van der Waals surface area contributed by atoms with Gasteiger partial charge >= 0.3 is 11.9 Å². The maximum atomic E-state index is 12.5. The molecule has 0 unspecified atom stereocenters. The number of ether oxygens (including phenoxy) is 2. The SMILES string of the molecule is CCCCCCCOC(=O)c1ccc(NC=C2C(=O)Oc3ccccc3C2=O)cc1. The number of anilines is 1. The number of unbranched alkanes of at least 4 members (excludes halogenated alkanes) is 4. The summed E-state index contributed by atoms with van der Waals surface area (Å²) in [4.78, 5) is 36.7. The number of hydrogen-bond donors (Lipinski definition) is 1. The van der Waals surface area contributed by atoms with Gasteiger partial charge in [-0.05, 0) is 42.8 Å². The van der Waals surface area contributed by atoms with Crippen LogP contribution in [0.2, 0.25) is 0 Å². The van der Waals surface area contributed by atoms with E-state index in [-0.39, 0.29) is 17.3 Å². The highest BCUT2D eigenvalue weighted by Gasteiger charge is 2.30. The Labute approximate surface area is 175 Å². The Morgan fingerprint density at radius 1 is 1.00 bits per heavy atom. The van der Waals surface area contributed by atoms with E-state index in [4.69, 9.17) is 9.47 Å². The number of fused-ring (bicyclic) bond motifs is 1. The molecule has 6 heteroatoms. The monoisotopic (exact) mass is 407 g/mol. The fourth-order valence-corrected chi connectivity index (χ4v) is 3.07. The lowest BCUT2D eigenvalue weighted by molar-refractivity contribution is -0.130. The Kier molecular flexibility index (Phi) is 7.38. The van der Waals surface area contributed by atoms with E-state index in [0.29, 0.717) is 23.4 Å². The van der Waals surface area contributed by atoms with Crippen molar-refractivity contribution in [3.63, 3.8) is 0 Å². The van der Waals surface area contributed by atoms with Gasteiger partial charge in [-0.1, -0.05) is 44.7 Å². The highest BCUT2D eigenvalue weighted by atomic mass is 16.5. The summed E-state index contributed by atoms with van der Waals surface area (Å²) in [6.45, 7) is 2.58. The molecule has 156 valence electrons. The average Bonchev–Trinajstić information content (AvgIpc) is 2.76. The van der Waals surface area contributed by atoms with Crippen LogP contribution in [0.1, 0.15) is 59.7 Å². The molecule has 1 aliphatic heterocycles. The van der Waals surface area contributed by atoms with Crippen LogP contribution < -0.4 is 10.1 Å². The smallest absolute Gasteiger partial charge is 0.349 e. The molecular weight excluding hydrogens is 382 g/mol. The number of Topliss-reactive ketones (excluding diaryl/α,β-unsaturated/α-hetero) is 1. The zero-order valence-corrected chi connectivity index (χ0v) is 17.0. The molecule has 0 aliphatic carbocycles. The molecule has 0 saturated carbocycles. The summed E-state index contributed by atoms with van der Waals surface area (Å²) in [5, 5.41) is 2.91. The van der Waals surface area contributed by atoms with E-state index in [1.54, 1.807) is 48.5 Å². The third-order valence-corrected chi connectivity index (χ3v) is 4.78. The number of carbonyl (C=O) groups excluding carboxylic acids is 3. The number of rotatable bonds is 9. The molecule has 2 aromatic carbocycles. The Morgan fingerprint density at radius 2 is 1.73 bits per heavy atom. The van der Waals surface area contributed by atoms with Gasteiger partial charge < -0.3 is 14.8 Å². The second-order valence-electron chi connectivity index (χ2n) is 7.04. The van der Waals surface area contributed by atoms with Crippen LogP contribution >= 0.6 is 0 Å². The molecule has 0 bridgehead atoms. The number of carbonyl (C=O) groups is 3. The molecule has 1 heterocycles. The van der Waals surface area contributed by atoms with Gasteiger partial charge in [-0.3, -0.25) is 4.79 Å². The minimum Gasteiger partial charge on any atom is -0.462 e. The van der Waals surface area contributed by atoms with Gasteiger partial charge in [0.2, 0.25) is 5.78 Å². The largest absolute Gasteiger partial charge is 0.462 e. The quantitative estimate of drug-likeness (QED) is 0.209. The minimum absolute atomic E-state index is 0.0831. The minimum atomic E-state index is -0.703. The second-order valence-corrected chi connectivity index (χ2v) is 7.04. The van der Waals surface area contributed by atoms with E-state index in [2.05, 4.69) is 12.2 Å². The molecular formula is C24H25NO5. The third-order valence-electron chi connectivity index (χ3n) is 4.78. The van der Waals surface area contributed by atoms with Crippen molar-refractivity contribution in [2.45, 2.75) is 39.0 Å². The highest BCUT2D eigenvalue weighted by molar-refractivity contribution is 6.27. The maximum absolute atomic E-state index is 12.5. The first-order valence-corrected chi connectivity index (χ1v) is 10.2. The lowest BCUT2D eigenvalue weighted by atomic mass is 10.0. The van der Waals surface area contributed by atoms with Gasteiger partial charge in [0.05, 0.1) is 17.7 Å². The van der Waals surface area contributed by atoms with Gasteiger partial charge in [-0.15, -0.1) is 0 Å². The number of para-hydroxylation sites is 1. The molecule has 0 radical (unpaired) electrons. The predicted octanol–water partition coefficient (Wildman–Crippen LogP) is 4.91. The third kappa shape index (κ3) is 5.35. The van der Waals surface area contributed by atoms with E-state index >= 15 is 0 Å². The first kappa shape index (κ1) is 21.3. The standard InChI is InChI=1S/C24H25NO5/c1-2-3-4-5-8-15-29-23(27)17-11-13-18(14-12-17)25-16-20-22(26)19-9-6-7-10-21(19)30-24(20)28/h6-7,9-14,16,25H,2-5,8,15H2,1H3.